The first-order chi connectivity index (χ1) is 9.65. The molecule has 0 aliphatic heterocycles. The van der Waals surface area contributed by atoms with Crippen LogP contribution in [-0.4, -0.2) is 44.4 Å². The summed E-state index contributed by atoms with van der Waals surface area (Å²) in [6, 6.07) is 3.11. The molecule has 20 heavy (non-hydrogen) atoms. The van der Waals surface area contributed by atoms with Crippen molar-refractivity contribution in [1.82, 2.24) is 10.3 Å². The normalized spacial score (nSPS) is 10.5. The van der Waals surface area contributed by atoms with Crippen molar-refractivity contribution in [2.24, 2.45) is 0 Å². The van der Waals surface area contributed by atoms with Crippen molar-refractivity contribution in [3.63, 3.8) is 0 Å². The van der Waals surface area contributed by atoms with Gasteiger partial charge in [0.15, 0.2) is 0 Å². The first-order valence-corrected chi connectivity index (χ1v) is 6.80. The molecule has 0 saturated heterocycles. The molecule has 0 unspecified atom stereocenters. The zero-order valence-corrected chi connectivity index (χ0v) is 12.3. The van der Waals surface area contributed by atoms with Crippen LogP contribution < -0.4 is 11.1 Å². The van der Waals surface area contributed by atoms with Gasteiger partial charge in [-0.3, -0.25) is 4.79 Å². The lowest BCUT2D eigenvalue weighted by molar-refractivity contribution is 0.0686. The number of nitrogen functional groups attached to an aromatic ring is 1. The molecule has 0 aliphatic rings. The van der Waals surface area contributed by atoms with Crippen molar-refractivity contribution in [2.75, 3.05) is 39.2 Å². The lowest BCUT2D eigenvalue weighted by atomic mass is 10.3. The maximum atomic E-state index is 11.8. The highest BCUT2D eigenvalue weighted by molar-refractivity contribution is 6.33. The van der Waals surface area contributed by atoms with Gasteiger partial charge in [0.05, 0.1) is 18.2 Å². The molecule has 112 valence electrons. The minimum atomic E-state index is -0.317. The molecule has 6 nitrogen and oxygen atoms in total. The van der Waals surface area contributed by atoms with Crippen molar-refractivity contribution in [3.05, 3.63) is 22.8 Å². The zero-order valence-electron chi connectivity index (χ0n) is 11.5. The van der Waals surface area contributed by atoms with Gasteiger partial charge in [0.25, 0.3) is 5.91 Å². The summed E-state index contributed by atoms with van der Waals surface area (Å²) in [6.07, 6.45) is 1.68. The van der Waals surface area contributed by atoms with Gasteiger partial charge in [0, 0.05) is 20.3 Å². The first kappa shape index (κ1) is 16.7. The predicted octanol–water partition coefficient (Wildman–Crippen LogP) is 1.49. The average molecular weight is 302 g/mol. The van der Waals surface area contributed by atoms with Gasteiger partial charge in [0.1, 0.15) is 11.5 Å². The van der Waals surface area contributed by atoms with Crippen molar-refractivity contribution in [3.8, 4) is 0 Å². The highest BCUT2D eigenvalue weighted by atomic mass is 35.5. The number of methoxy groups -OCH3 is 1. The smallest absolute Gasteiger partial charge is 0.271 e. The standard InChI is InChI=1S/C13H20ClN3O3/c1-19-8-9-20-7-3-2-6-16-13(18)12-10(14)4-5-11(15)17-12/h4-5H,2-3,6-9H2,1H3,(H2,15,17)(H,16,18). The molecule has 0 bridgehead atoms. The fraction of sp³-hybridized carbons (Fsp3) is 0.538. The van der Waals surface area contributed by atoms with E-state index in [1.165, 1.54) is 0 Å². The number of nitrogens with two attached hydrogens (primary N) is 1. The fourth-order valence-electron chi connectivity index (χ4n) is 1.48. The molecule has 0 saturated carbocycles. The lowest BCUT2D eigenvalue weighted by Crippen LogP contribution is -2.26. The lowest BCUT2D eigenvalue weighted by Gasteiger charge is -2.07. The SMILES string of the molecule is COCCOCCCCNC(=O)c1nc(N)ccc1Cl. The van der Waals surface area contributed by atoms with Crippen LogP contribution in [-0.2, 0) is 9.47 Å². The van der Waals surface area contributed by atoms with Crippen LogP contribution in [0, 0.1) is 0 Å². The van der Waals surface area contributed by atoms with Crippen LogP contribution in [0.5, 0.6) is 0 Å². The van der Waals surface area contributed by atoms with Crippen LogP contribution in [0.4, 0.5) is 5.82 Å². The Labute approximate surface area is 123 Å². The van der Waals surface area contributed by atoms with Crippen molar-refractivity contribution >= 4 is 23.3 Å². The average Bonchev–Trinajstić information content (AvgIpc) is 2.44. The third kappa shape index (κ3) is 6.18. The maximum Gasteiger partial charge on any atom is 0.271 e. The molecule has 0 fully saturated rings. The highest BCUT2D eigenvalue weighted by Crippen LogP contribution is 2.14. The third-order valence-corrected chi connectivity index (χ3v) is 2.82. The van der Waals surface area contributed by atoms with Crippen LogP contribution >= 0.6 is 11.6 Å². The number of carbonyl (C=O) groups is 1. The summed E-state index contributed by atoms with van der Waals surface area (Å²) in [4.78, 5) is 15.7. The molecule has 0 aromatic carbocycles. The molecule has 0 spiro atoms. The van der Waals surface area contributed by atoms with E-state index in [4.69, 9.17) is 26.8 Å². The van der Waals surface area contributed by atoms with Crippen LogP contribution in [0.3, 0.4) is 0 Å². The Hall–Kier alpha value is -1.37. The molecule has 1 heterocycles. The second-order valence-corrected chi connectivity index (χ2v) is 4.54. The van der Waals surface area contributed by atoms with Gasteiger partial charge in [-0.2, -0.15) is 0 Å². The van der Waals surface area contributed by atoms with Crippen LogP contribution in [0.2, 0.25) is 5.02 Å². The number of aromatic nitrogens is 1. The van der Waals surface area contributed by atoms with Gasteiger partial charge in [-0.25, -0.2) is 4.98 Å². The van der Waals surface area contributed by atoms with Gasteiger partial charge < -0.3 is 20.5 Å². The predicted molar refractivity (Wildman–Crippen MR) is 77.9 cm³/mol. The summed E-state index contributed by atoms with van der Waals surface area (Å²) >= 11 is 5.89. The van der Waals surface area contributed by atoms with E-state index < -0.39 is 0 Å². The van der Waals surface area contributed by atoms with Crippen LogP contribution in [0.15, 0.2) is 12.1 Å². The van der Waals surface area contributed by atoms with E-state index in [-0.39, 0.29) is 17.4 Å². The second-order valence-electron chi connectivity index (χ2n) is 4.13. The van der Waals surface area contributed by atoms with Crippen LogP contribution in [0.25, 0.3) is 0 Å². The Morgan fingerprint density at radius 3 is 2.90 bits per heavy atom. The third-order valence-electron chi connectivity index (χ3n) is 2.52. The summed E-state index contributed by atoms with van der Waals surface area (Å²) in [5, 5.41) is 3.04. The van der Waals surface area contributed by atoms with Gasteiger partial charge in [0.2, 0.25) is 0 Å². The monoisotopic (exact) mass is 301 g/mol. The van der Waals surface area contributed by atoms with Crippen molar-refractivity contribution in [1.29, 1.82) is 0 Å². The van der Waals surface area contributed by atoms with Crippen LogP contribution in [0.1, 0.15) is 23.3 Å². The molecule has 1 aromatic rings. The Balaban J connectivity index is 2.18. The van der Waals surface area contributed by atoms with E-state index in [1.807, 2.05) is 0 Å². The van der Waals surface area contributed by atoms with Gasteiger partial charge >= 0.3 is 0 Å². The molecule has 1 amide bonds. The van der Waals surface area contributed by atoms with Gasteiger partial charge in [-0.05, 0) is 25.0 Å². The summed E-state index contributed by atoms with van der Waals surface area (Å²) in [7, 11) is 1.63. The number of hydrogen-bond donors (Lipinski definition) is 2. The fourth-order valence-corrected chi connectivity index (χ4v) is 1.67. The number of pyridine rings is 1. The van der Waals surface area contributed by atoms with Crippen molar-refractivity contribution < 1.29 is 14.3 Å². The molecular weight excluding hydrogens is 282 g/mol. The van der Waals surface area contributed by atoms with Crippen molar-refractivity contribution in [2.45, 2.75) is 12.8 Å². The Bertz CT molecular complexity index is 429. The number of halogens is 1. The van der Waals surface area contributed by atoms with E-state index in [0.717, 1.165) is 12.8 Å². The van der Waals surface area contributed by atoms with E-state index in [1.54, 1.807) is 19.2 Å². The summed E-state index contributed by atoms with van der Waals surface area (Å²) in [6.45, 7) is 2.37. The van der Waals surface area contributed by atoms with E-state index in [0.29, 0.717) is 31.4 Å². The number of hydrogen-bond acceptors (Lipinski definition) is 5. The number of ether oxygens (including phenoxy) is 2. The molecule has 3 N–H and O–H groups in total. The number of anilines is 1. The molecule has 0 radical (unpaired) electrons. The first-order valence-electron chi connectivity index (χ1n) is 6.42. The summed E-state index contributed by atoms with van der Waals surface area (Å²) in [5.41, 5.74) is 5.68. The minimum absolute atomic E-state index is 0.156. The molecule has 0 atom stereocenters. The Kier molecular flexibility index (Phi) is 7.94. The van der Waals surface area contributed by atoms with E-state index in [9.17, 15) is 4.79 Å². The molecule has 1 aromatic heterocycles. The minimum Gasteiger partial charge on any atom is -0.384 e. The molecule has 1 rings (SSSR count). The van der Waals surface area contributed by atoms with E-state index >= 15 is 0 Å². The molecule has 7 heteroatoms. The van der Waals surface area contributed by atoms with E-state index in [2.05, 4.69) is 10.3 Å². The number of rotatable bonds is 9. The Morgan fingerprint density at radius 1 is 1.35 bits per heavy atom. The summed E-state index contributed by atoms with van der Waals surface area (Å²) < 4.78 is 10.2. The highest BCUT2D eigenvalue weighted by Gasteiger charge is 2.11. The number of amides is 1. The zero-order chi connectivity index (χ0) is 14.8. The quantitative estimate of drug-likeness (QED) is 0.675. The number of unbranched alkanes of at least 4 members (excludes halogenated alkanes) is 1. The summed E-state index contributed by atoms with van der Waals surface area (Å²) in [5.74, 6) is -0.0475. The number of nitrogens with zero attached hydrogens (tertiary/aromatic N) is 1. The molecular formula is C13H20ClN3O3. The molecule has 0 aliphatic carbocycles. The second kappa shape index (κ2) is 9.52. The Morgan fingerprint density at radius 2 is 2.15 bits per heavy atom. The van der Waals surface area contributed by atoms with Gasteiger partial charge in [-0.15, -0.1) is 0 Å². The topological polar surface area (TPSA) is 86.5 Å². The maximum absolute atomic E-state index is 11.8. The number of carbonyl (C=O) groups excluding carboxylic acids is 1. The largest absolute Gasteiger partial charge is 0.384 e. The number of nitrogens with one attached hydrogen (secondary N) is 1. The van der Waals surface area contributed by atoms with Gasteiger partial charge in [-0.1, -0.05) is 11.6 Å².